The molecule has 0 aromatic carbocycles. The van der Waals surface area contributed by atoms with Crippen LogP contribution in [0, 0.1) is 0 Å². The summed E-state index contributed by atoms with van der Waals surface area (Å²) in [7, 11) is 1.90. The van der Waals surface area contributed by atoms with E-state index in [1.54, 1.807) is 0 Å². The van der Waals surface area contributed by atoms with Gasteiger partial charge in [-0.25, -0.2) is 9.97 Å². The monoisotopic (exact) mass is 234 g/mol. The Morgan fingerprint density at radius 2 is 1.94 bits per heavy atom. The van der Waals surface area contributed by atoms with Gasteiger partial charge in [0.2, 0.25) is 0 Å². The van der Waals surface area contributed by atoms with Gasteiger partial charge in [0.15, 0.2) is 0 Å². The predicted molar refractivity (Wildman–Crippen MR) is 71.5 cm³/mol. The van der Waals surface area contributed by atoms with Crippen molar-refractivity contribution in [1.82, 2.24) is 9.97 Å². The zero-order valence-electron chi connectivity index (χ0n) is 10.8. The third-order valence-corrected chi connectivity index (χ3v) is 3.21. The first kappa shape index (κ1) is 12.1. The molecule has 2 N–H and O–H groups in total. The Balaban J connectivity index is 2.10. The molecule has 1 aromatic rings. The van der Waals surface area contributed by atoms with Crippen molar-refractivity contribution in [2.24, 2.45) is 0 Å². The van der Waals surface area contributed by atoms with E-state index < -0.39 is 0 Å². The van der Waals surface area contributed by atoms with E-state index >= 15 is 0 Å². The average Bonchev–Trinajstić information content (AvgIpc) is 2.82. The van der Waals surface area contributed by atoms with Gasteiger partial charge in [-0.1, -0.05) is 19.8 Å². The molecule has 0 atom stereocenters. The molecule has 2 rings (SSSR count). The summed E-state index contributed by atoms with van der Waals surface area (Å²) < 4.78 is 0. The second-order valence-corrected chi connectivity index (χ2v) is 4.68. The molecule has 0 aliphatic heterocycles. The highest BCUT2D eigenvalue weighted by molar-refractivity contribution is 5.47. The van der Waals surface area contributed by atoms with Gasteiger partial charge in [-0.2, -0.15) is 0 Å². The lowest BCUT2D eigenvalue weighted by Gasteiger charge is -2.14. The van der Waals surface area contributed by atoms with E-state index in [0.29, 0.717) is 6.04 Å². The first-order chi connectivity index (χ1) is 8.31. The van der Waals surface area contributed by atoms with E-state index in [9.17, 15) is 0 Å². The Morgan fingerprint density at radius 3 is 2.59 bits per heavy atom. The van der Waals surface area contributed by atoms with Gasteiger partial charge in [0.1, 0.15) is 17.5 Å². The molecule has 1 heterocycles. The molecule has 0 saturated heterocycles. The molecule has 4 heteroatoms. The number of aryl methyl sites for hydroxylation is 1. The van der Waals surface area contributed by atoms with Crippen molar-refractivity contribution in [3.05, 3.63) is 11.9 Å². The van der Waals surface area contributed by atoms with Crippen LogP contribution in [-0.4, -0.2) is 23.1 Å². The Bertz CT molecular complexity index is 358. The molecule has 0 bridgehead atoms. The van der Waals surface area contributed by atoms with Crippen molar-refractivity contribution in [2.75, 3.05) is 17.7 Å². The second-order valence-electron chi connectivity index (χ2n) is 4.68. The fourth-order valence-corrected chi connectivity index (χ4v) is 2.31. The number of nitrogens with zero attached hydrogens (tertiary/aromatic N) is 2. The van der Waals surface area contributed by atoms with Gasteiger partial charge in [-0.15, -0.1) is 0 Å². The summed E-state index contributed by atoms with van der Waals surface area (Å²) in [6.45, 7) is 2.15. The molecule has 17 heavy (non-hydrogen) atoms. The number of rotatable bonds is 5. The van der Waals surface area contributed by atoms with Crippen LogP contribution < -0.4 is 10.6 Å². The van der Waals surface area contributed by atoms with Gasteiger partial charge in [0.05, 0.1) is 0 Å². The molecular weight excluding hydrogens is 212 g/mol. The van der Waals surface area contributed by atoms with E-state index in [-0.39, 0.29) is 0 Å². The third-order valence-electron chi connectivity index (χ3n) is 3.21. The summed E-state index contributed by atoms with van der Waals surface area (Å²) in [5.41, 5.74) is 0. The minimum atomic E-state index is 0.601. The van der Waals surface area contributed by atoms with Gasteiger partial charge in [-0.3, -0.25) is 0 Å². The molecule has 0 amide bonds. The Kier molecular flexibility index (Phi) is 4.18. The van der Waals surface area contributed by atoms with Gasteiger partial charge in [0, 0.05) is 25.6 Å². The van der Waals surface area contributed by atoms with Crippen LogP contribution in [0.2, 0.25) is 0 Å². The molecule has 1 saturated carbocycles. The van der Waals surface area contributed by atoms with Crippen LogP contribution in [0.15, 0.2) is 6.07 Å². The molecule has 0 radical (unpaired) electrons. The molecule has 0 unspecified atom stereocenters. The zero-order valence-corrected chi connectivity index (χ0v) is 10.8. The number of anilines is 2. The minimum Gasteiger partial charge on any atom is -0.373 e. The molecule has 94 valence electrons. The number of hydrogen-bond acceptors (Lipinski definition) is 4. The van der Waals surface area contributed by atoms with Crippen molar-refractivity contribution in [2.45, 2.75) is 51.5 Å². The predicted octanol–water partition coefficient (Wildman–Crippen LogP) is 2.83. The Labute approximate surface area is 103 Å². The Hall–Kier alpha value is -1.32. The van der Waals surface area contributed by atoms with Crippen molar-refractivity contribution >= 4 is 11.6 Å². The van der Waals surface area contributed by atoms with Crippen molar-refractivity contribution in [3.8, 4) is 0 Å². The summed E-state index contributed by atoms with van der Waals surface area (Å²) in [4.78, 5) is 9.03. The highest BCUT2D eigenvalue weighted by Gasteiger charge is 2.15. The van der Waals surface area contributed by atoms with Crippen molar-refractivity contribution in [3.63, 3.8) is 0 Å². The molecule has 0 spiro atoms. The number of hydrogen-bond donors (Lipinski definition) is 2. The van der Waals surface area contributed by atoms with E-state index in [1.165, 1.54) is 25.7 Å². The van der Waals surface area contributed by atoms with Crippen LogP contribution in [0.1, 0.15) is 44.9 Å². The molecule has 1 fully saturated rings. The topological polar surface area (TPSA) is 49.8 Å². The highest BCUT2D eigenvalue weighted by atomic mass is 15.1. The average molecular weight is 234 g/mol. The fraction of sp³-hybridized carbons (Fsp3) is 0.692. The fourth-order valence-electron chi connectivity index (χ4n) is 2.31. The molecule has 1 aliphatic carbocycles. The normalized spacial score (nSPS) is 16.1. The van der Waals surface area contributed by atoms with Crippen LogP contribution in [0.25, 0.3) is 0 Å². The number of aromatic nitrogens is 2. The largest absolute Gasteiger partial charge is 0.373 e. The third kappa shape index (κ3) is 3.32. The lowest BCUT2D eigenvalue weighted by atomic mass is 10.2. The van der Waals surface area contributed by atoms with Gasteiger partial charge in [0.25, 0.3) is 0 Å². The molecule has 4 nitrogen and oxygen atoms in total. The quantitative estimate of drug-likeness (QED) is 0.822. The second kappa shape index (κ2) is 5.84. The van der Waals surface area contributed by atoms with Crippen LogP contribution in [0.5, 0.6) is 0 Å². The summed E-state index contributed by atoms with van der Waals surface area (Å²) in [5.74, 6) is 2.81. The standard InChI is InChI=1S/C13H22N4/c1-3-6-11-16-12(14-2)9-13(17-11)15-10-7-4-5-8-10/h9-10H,3-8H2,1-2H3,(H2,14,15,16,17). The van der Waals surface area contributed by atoms with Crippen molar-refractivity contribution in [1.29, 1.82) is 0 Å². The van der Waals surface area contributed by atoms with Crippen LogP contribution in [0.3, 0.4) is 0 Å². The van der Waals surface area contributed by atoms with Gasteiger partial charge >= 0.3 is 0 Å². The first-order valence-corrected chi connectivity index (χ1v) is 6.64. The maximum Gasteiger partial charge on any atom is 0.133 e. The molecule has 1 aromatic heterocycles. The smallest absolute Gasteiger partial charge is 0.133 e. The first-order valence-electron chi connectivity index (χ1n) is 6.64. The number of nitrogens with one attached hydrogen (secondary N) is 2. The lowest BCUT2D eigenvalue weighted by molar-refractivity contribution is 0.744. The summed E-state index contributed by atoms with van der Waals surface area (Å²) in [6, 6.07) is 2.60. The summed E-state index contributed by atoms with van der Waals surface area (Å²) >= 11 is 0. The van der Waals surface area contributed by atoms with Crippen molar-refractivity contribution < 1.29 is 0 Å². The SMILES string of the molecule is CCCc1nc(NC)cc(NC2CCCC2)n1. The highest BCUT2D eigenvalue weighted by Crippen LogP contribution is 2.22. The summed E-state index contributed by atoms with van der Waals surface area (Å²) in [5, 5.41) is 6.62. The molecular formula is C13H22N4. The lowest BCUT2D eigenvalue weighted by Crippen LogP contribution is -2.16. The minimum absolute atomic E-state index is 0.601. The van der Waals surface area contributed by atoms with Gasteiger partial charge in [-0.05, 0) is 19.3 Å². The Morgan fingerprint density at radius 1 is 1.24 bits per heavy atom. The molecule has 1 aliphatic rings. The van der Waals surface area contributed by atoms with E-state index in [1.807, 2.05) is 13.1 Å². The van der Waals surface area contributed by atoms with Crippen LogP contribution >= 0.6 is 0 Å². The maximum absolute atomic E-state index is 4.57. The van der Waals surface area contributed by atoms with E-state index in [2.05, 4.69) is 27.5 Å². The van der Waals surface area contributed by atoms with Crippen LogP contribution in [0.4, 0.5) is 11.6 Å². The maximum atomic E-state index is 4.57. The van der Waals surface area contributed by atoms with E-state index in [4.69, 9.17) is 0 Å². The zero-order chi connectivity index (χ0) is 12.1. The van der Waals surface area contributed by atoms with Gasteiger partial charge < -0.3 is 10.6 Å². The van der Waals surface area contributed by atoms with E-state index in [0.717, 1.165) is 30.3 Å². The van der Waals surface area contributed by atoms with Crippen LogP contribution in [-0.2, 0) is 6.42 Å². The summed E-state index contributed by atoms with van der Waals surface area (Å²) in [6.07, 6.45) is 7.22.